The van der Waals surface area contributed by atoms with Crippen LogP contribution in [0.5, 0.6) is 11.5 Å². The van der Waals surface area contributed by atoms with Crippen molar-refractivity contribution in [2.45, 2.75) is 33.7 Å². The molecule has 1 aliphatic rings. The van der Waals surface area contributed by atoms with E-state index in [1.54, 1.807) is 6.08 Å². The van der Waals surface area contributed by atoms with Gasteiger partial charge in [0.25, 0.3) is 0 Å². The number of hydrogen-bond acceptors (Lipinski definition) is 5. The number of allylic oxidation sites excluding steroid dienone is 1. The number of rotatable bonds is 7. The van der Waals surface area contributed by atoms with Gasteiger partial charge in [-0.2, -0.15) is 0 Å². The van der Waals surface area contributed by atoms with Crippen molar-refractivity contribution in [2.24, 2.45) is 0 Å². The molecule has 1 aliphatic heterocycles. The summed E-state index contributed by atoms with van der Waals surface area (Å²) in [6.07, 6.45) is 3.78. The third-order valence-electron chi connectivity index (χ3n) is 4.49. The van der Waals surface area contributed by atoms with Gasteiger partial charge in [-0.05, 0) is 44.0 Å². The number of hydrogen-bond donors (Lipinski definition) is 0. The highest BCUT2D eigenvalue weighted by atomic mass is 16.7. The summed E-state index contributed by atoms with van der Waals surface area (Å²) < 4.78 is 17.8. The van der Waals surface area contributed by atoms with Gasteiger partial charge in [-0.1, -0.05) is 19.1 Å². The maximum atomic E-state index is 12.5. The van der Waals surface area contributed by atoms with Crippen molar-refractivity contribution in [3.05, 3.63) is 58.9 Å². The van der Waals surface area contributed by atoms with Crippen molar-refractivity contribution in [3.63, 3.8) is 0 Å². The molecule has 0 atom stereocenters. The number of fused-ring (bicyclic) bond motifs is 1. The summed E-state index contributed by atoms with van der Waals surface area (Å²) in [6.45, 7) is 6.36. The maximum Gasteiger partial charge on any atom is 0.330 e. The summed E-state index contributed by atoms with van der Waals surface area (Å²) in [4.78, 5) is 24.0. The molecule has 2 aromatic rings. The molecule has 0 N–H and O–H groups in total. The molecule has 0 fully saturated rings. The van der Waals surface area contributed by atoms with Crippen molar-refractivity contribution < 1.29 is 23.8 Å². The molecule has 1 aromatic carbocycles. The number of ether oxygens (including phenoxy) is 3. The number of aryl methyl sites for hydroxylation is 1. The number of esters is 1. The van der Waals surface area contributed by atoms with Crippen LogP contribution >= 0.6 is 0 Å². The largest absolute Gasteiger partial charge is 0.454 e. The minimum Gasteiger partial charge on any atom is -0.454 e. The van der Waals surface area contributed by atoms with Crippen molar-refractivity contribution in [3.8, 4) is 11.5 Å². The van der Waals surface area contributed by atoms with E-state index < -0.39 is 5.97 Å². The fourth-order valence-corrected chi connectivity index (χ4v) is 3.03. The van der Waals surface area contributed by atoms with Crippen molar-refractivity contribution >= 4 is 11.8 Å². The lowest BCUT2D eigenvalue weighted by molar-refractivity contribution is -0.136. The first-order valence-electron chi connectivity index (χ1n) is 8.91. The summed E-state index contributed by atoms with van der Waals surface area (Å²) >= 11 is 0. The molecule has 0 saturated heterocycles. The lowest BCUT2D eigenvalue weighted by atomic mass is 10.1. The smallest absolute Gasteiger partial charge is 0.330 e. The second kappa shape index (κ2) is 8.12. The average molecular weight is 369 g/mol. The van der Waals surface area contributed by atoms with E-state index in [1.807, 2.05) is 45.0 Å². The van der Waals surface area contributed by atoms with Crippen LogP contribution in [0.4, 0.5) is 0 Å². The number of ketones is 1. The van der Waals surface area contributed by atoms with Gasteiger partial charge >= 0.3 is 5.97 Å². The van der Waals surface area contributed by atoms with Crippen LogP contribution < -0.4 is 9.47 Å². The zero-order valence-corrected chi connectivity index (χ0v) is 15.8. The Kier molecular flexibility index (Phi) is 5.64. The maximum absolute atomic E-state index is 12.5. The van der Waals surface area contributed by atoms with Gasteiger partial charge < -0.3 is 18.8 Å². The summed E-state index contributed by atoms with van der Waals surface area (Å²) in [7, 11) is 0. The van der Waals surface area contributed by atoms with Gasteiger partial charge in [0.1, 0.15) is 0 Å². The van der Waals surface area contributed by atoms with Gasteiger partial charge in [-0.15, -0.1) is 0 Å². The molecule has 0 aliphatic carbocycles. The van der Waals surface area contributed by atoms with Crippen molar-refractivity contribution in [1.29, 1.82) is 0 Å². The standard InChI is InChI=1S/C21H23NO5/c1-4-5-6-21(24)25-12-18(23)17-9-14(2)22(15(17)3)11-16-7-8-19-20(10-16)27-13-26-19/h5-10H,4,11-13H2,1-3H3/b6-5+. The highest BCUT2D eigenvalue weighted by Gasteiger charge is 2.18. The van der Waals surface area contributed by atoms with Gasteiger partial charge in [0.05, 0.1) is 0 Å². The lowest BCUT2D eigenvalue weighted by Crippen LogP contribution is -2.13. The van der Waals surface area contributed by atoms with Crippen LogP contribution in [0.2, 0.25) is 0 Å². The number of nitrogens with zero attached hydrogens (tertiary/aromatic N) is 1. The van der Waals surface area contributed by atoms with E-state index in [2.05, 4.69) is 4.57 Å². The summed E-state index contributed by atoms with van der Waals surface area (Å²) in [5.41, 5.74) is 3.43. The van der Waals surface area contributed by atoms with E-state index in [4.69, 9.17) is 14.2 Å². The Morgan fingerprint density at radius 2 is 1.96 bits per heavy atom. The molecule has 6 nitrogen and oxygen atoms in total. The predicted octanol–water partition coefficient (Wildman–Crippen LogP) is 3.57. The van der Waals surface area contributed by atoms with Crippen LogP contribution in [-0.4, -0.2) is 29.7 Å². The SMILES string of the molecule is CC/C=C/C(=O)OCC(=O)c1cc(C)n(Cc2ccc3c(c2)OCO3)c1C. The molecule has 0 amide bonds. The molecule has 6 heteroatoms. The highest BCUT2D eigenvalue weighted by Crippen LogP contribution is 2.33. The van der Waals surface area contributed by atoms with Crippen LogP contribution in [0, 0.1) is 13.8 Å². The van der Waals surface area contributed by atoms with Crippen molar-refractivity contribution in [1.82, 2.24) is 4.57 Å². The number of benzene rings is 1. The fourth-order valence-electron chi connectivity index (χ4n) is 3.03. The molecular weight excluding hydrogens is 346 g/mol. The second-order valence-corrected chi connectivity index (χ2v) is 6.40. The number of carbonyl (C=O) groups excluding carboxylic acids is 2. The molecule has 2 heterocycles. The number of aromatic nitrogens is 1. The minimum absolute atomic E-state index is 0.210. The Morgan fingerprint density at radius 1 is 1.19 bits per heavy atom. The van der Waals surface area contributed by atoms with E-state index in [0.717, 1.165) is 34.9 Å². The van der Waals surface area contributed by atoms with E-state index >= 15 is 0 Å². The fraction of sp³-hybridized carbons (Fsp3) is 0.333. The molecule has 142 valence electrons. The van der Waals surface area contributed by atoms with Gasteiger partial charge in [0.15, 0.2) is 18.1 Å². The third kappa shape index (κ3) is 4.22. The molecule has 0 bridgehead atoms. The minimum atomic E-state index is -0.501. The average Bonchev–Trinajstić information content (AvgIpc) is 3.23. The lowest BCUT2D eigenvalue weighted by Gasteiger charge is -2.10. The van der Waals surface area contributed by atoms with Gasteiger partial charge in [0, 0.05) is 29.6 Å². The molecule has 3 rings (SSSR count). The first kappa shape index (κ1) is 18.8. The Balaban J connectivity index is 1.71. The van der Waals surface area contributed by atoms with Crippen LogP contribution in [0.1, 0.15) is 40.7 Å². The first-order chi connectivity index (χ1) is 13.0. The van der Waals surface area contributed by atoms with Crippen molar-refractivity contribution in [2.75, 3.05) is 13.4 Å². The molecule has 0 saturated carbocycles. The van der Waals surface area contributed by atoms with E-state index in [0.29, 0.717) is 12.1 Å². The van der Waals surface area contributed by atoms with Crippen LogP contribution in [0.3, 0.4) is 0 Å². The quantitative estimate of drug-likeness (QED) is 0.424. The summed E-state index contributed by atoms with van der Waals surface area (Å²) in [5.74, 6) is 0.769. The van der Waals surface area contributed by atoms with E-state index in [9.17, 15) is 9.59 Å². The molecule has 0 unspecified atom stereocenters. The Morgan fingerprint density at radius 3 is 2.74 bits per heavy atom. The monoisotopic (exact) mass is 369 g/mol. The molecule has 1 aromatic heterocycles. The predicted molar refractivity (Wildman–Crippen MR) is 100 cm³/mol. The highest BCUT2D eigenvalue weighted by molar-refractivity contribution is 5.99. The van der Waals surface area contributed by atoms with E-state index in [1.165, 1.54) is 6.08 Å². The Hall–Kier alpha value is -3.02. The van der Waals surface area contributed by atoms with Gasteiger partial charge in [-0.3, -0.25) is 4.79 Å². The zero-order valence-electron chi connectivity index (χ0n) is 15.8. The number of Topliss-reactive ketones (excluding diaryl/α,β-unsaturated/α-hetero) is 1. The normalized spacial score (nSPS) is 12.6. The van der Waals surface area contributed by atoms with Gasteiger partial charge in [-0.25, -0.2) is 4.79 Å². The molecule has 27 heavy (non-hydrogen) atoms. The van der Waals surface area contributed by atoms with Gasteiger partial charge in [0.2, 0.25) is 12.6 Å². The second-order valence-electron chi connectivity index (χ2n) is 6.40. The Bertz CT molecular complexity index is 894. The molecule has 0 spiro atoms. The molecule has 0 radical (unpaired) electrons. The van der Waals surface area contributed by atoms with Crippen LogP contribution in [-0.2, 0) is 16.1 Å². The van der Waals surface area contributed by atoms with Crippen LogP contribution in [0.15, 0.2) is 36.4 Å². The summed E-state index contributed by atoms with van der Waals surface area (Å²) in [5, 5.41) is 0. The third-order valence-corrected chi connectivity index (χ3v) is 4.49. The topological polar surface area (TPSA) is 66.8 Å². The zero-order chi connectivity index (χ0) is 19.4. The van der Waals surface area contributed by atoms with E-state index in [-0.39, 0.29) is 19.2 Å². The first-order valence-corrected chi connectivity index (χ1v) is 8.91. The summed E-state index contributed by atoms with van der Waals surface area (Å²) in [6, 6.07) is 7.65. The van der Waals surface area contributed by atoms with Crippen LogP contribution in [0.25, 0.3) is 0 Å². The molecular formula is C21H23NO5. The number of carbonyl (C=O) groups is 2. The Labute approximate surface area is 158 Å².